The molecule has 4 heteroatoms. The van der Waals surface area contributed by atoms with E-state index in [2.05, 4.69) is 11.4 Å². The lowest BCUT2D eigenvalue weighted by molar-refractivity contribution is -0.132. The van der Waals surface area contributed by atoms with E-state index in [0.717, 1.165) is 35.3 Å². The summed E-state index contributed by atoms with van der Waals surface area (Å²) in [4.78, 5) is 28.1. The lowest BCUT2D eigenvalue weighted by atomic mass is 9.97. The molecule has 26 heavy (non-hydrogen) atoms. The molecule has 4 nitrogen and oxygen atoms in total. The van der Waals surface area contributed by atoms with Crippen molar-refractivity contribution in [1.82, 2.24) is 0 Å². The summed E-state index contributed by atoms with van der Waals surface area (Å²) >= 11 is 0. The van der Waals surface area contributed by atoms with E-state index in [9.17, 15) is 9.59 Å². The summed E-state index contributed by atoms with van der Waals surface area (Å²) in [6.07, 6.45) is 3.18. The average Bonchev–Trinajstić information content (AvgIpc) is 3.46. The molecule has 1 saturated carbocycles. The van der Waals surface area contributed by atoms with Crippen molar-refractivity contribution in [3.63, 3.8) is 0 Å². The number of fused-ring (bicyclic) bond motifs is 1. The molecule has 0 atom stereocenters. The molecule has 0 aromatic heterocycles. The van der Waals surface area contributed by atoms with Crippen molar-refractivity contribution in [3.8, 4) is 0 Å². The molecule has 2 aliphatic rings. The number of hydrogen-bond donors (Lipinski definition) is 1. The maximum Gasteiger partial charge on any atom is 0.242 e. The van der Waals surface area contributed by atoms with E-state index in [1.165, 1.54) is 5.56 Å². The number of hydrogen-bond acceptors (Lipinski definition) is 2. The summed E-state index contributed by atoms with van der Waals surface area (Å²) in [5, 5.41) is 3.01. The normalized spacial score (nSPS) is 17.4. The monoisotopic (exact) mass is 348 g/mol. The second-order valence-electron chi connectivity index (χ2n) is 7.54. The van der Waals surface area contributed by atoms with E-state index in [1.54, 1.807) is 0 Å². The third-order valence-electron chi connectivity index (χ3n) is 5.59. The molecular weight excluding hydrogens is 324 g/mol. The summed E-state index contributed by atoms with van der Waals surface area (Å²) in [6.45, 7) is 4.66. The van der Waals surface area contributed by atoms with Crippen LogP contribution in [0.1, 0.15) is 36.0 Å². The van der Waals surface area contributed by atoms with Gasteiger partial charge in [-0.1, -0.05) is 30.3 Å². The quantitative estimate of drug-likeness (QED) is 0.852. The highest BCUT2D eigenvalue weighted by atomic mass is 16.2. The number of anilines is 2. The maximum absolute atomic E-state index is 13.3. The third kappa shape index (κ3) is 2.79. The summed E-state index contributed by atoms with van der Waals surface area (Å²) in [5.41, 5.74) is 4.16. The van der Waals surface area contributed by atoms with Crippen molar-refractivity contribution in [2.45, 2.75) is 39.5 Å². The number of rotatable bonds is 3. The van der Waals surface area contributed by atoms with Crippen LogP contribution < -0.4 is 10.2 Å². The van der Waals surface area contributed by atoms with Gasteiger partial charge in [0, 0.05) is 17.9 Å². The zero-order chi connectivity index (χ0) is 18.3. The van der Waals surface area contributed by atoms with Crippen LogP contribution in [0.4, 0.5) is 11.4 Å². The molecule has 1 fully saturated rings. The van der Waals surface area contributed by atoms with Gasteiger partial charge in [0.2, 0.25) is 11.8 Å². The SMILES string of the molecule is Cc1ccc(C)c(NC(=O)C2(C(=O)N3CCCc4ccccc43)CC2)c1. The molecule has 2 aromatic rings. The first-order chi connectivity index (χ1) is 12.5. The van der Waals surface area contributed by atoms with Gasteiger partial charge in [0.25, 0.3) is 0 Å². The first-order valence-corrected chi connectivity index (χ1v) is 9.30. The Morgan fingerprint density at radius 3 is 2.62 bits per heavy atom. The van der Waals surface area contributed by atoms with Crippen LogP contribution in [-0.4, -0.2) is 18.4 Å². The molecule has 1 N–H and O–H groups in total. The second-order valence-corrected chi connectivity index (χ2v) is 7.54. The van der Waals surface area contributed by atoms with Crippen LogP contribution in [0.15, 0.2) is 42.5 Å². The van der Waals surface area contributed by atoms with E-state index < -0.39 is 5.41 Å². The number of benzene rings is 2. The van der Waals surface area contributed by atoms with Crippen molar-refractivity contribution in [1.29, 1.82) is 0 Å². The minimum absolute atomic E-state index is 0.0487. The van der Waals surface area contributed by atoms with Gasteiger partial charge in [-0.3, -0.25) is 9.59 Å². The molecule has 134 valence electrons. The Hall–Kier alpha value is -2.62. The van der Waals surface area contributed by atoms with Crippen LogP contribution in [0.3, 0.4) is 0 Å². The zero-order valence-corrected chi connectivity index (χ0v) is 15.3. The van der Waals surface area contributed by atoms with E-state index in [-0.39, 0.29) is 11.8 Å². The fourth-order valence-electron chi connectivity index (χ4n) is 3.78. The largest absolute Gasteiger partial charge is 0.325 e. The van der Waals surface area contributed by atoms with Gasteiger partial charge in [-0.2, -0.15) is 0 Å². The highest BCUT2D eigenvalue weighted by molar-refractivity contribution is 6.18. The highest BCUT2D eigenvalue weighted by Gasteiger charge is 2.58. The number of nitrogens with one attached hydrogen (secondary N) is 1. The van der Waals surface area contributed by atoms with Gasteiger partial charge < -0.3 is 10.2 Å². The van der Waals surface area contributed by atoms with Crippen LogP contribution in [0.2, 0.25) is 0 Å². The van der Waals surface area contributed by atoms with Crippen LogP contribution in [0, 0.1) is 19.3 Å². The van der Waals surface area contributed by atoms with Crippen molar-refractivity contribution >= 4 is 23.2 Å². The number of aryl methyl sites for hydroxylation is 3. The first-order valence-electron chi connectivity index (χ1n) is 9.30. The van der Waals surface area contributed by atoms with Crippen LogP contribution >= 0.6 is 0 Å². The molecule has 0 bridgehead atoms. The molecule has 1 heterocycles. The van der Waals surface area contributed by atoms with Crippen molar-refractivity contribution in [3.05, 3.63) is 59.2 Å². The molecule has 0 radical (unpaired) electrons. The fraction of sp³-hybridized carbons (Fsp3) is 0.364. The number of para-hydroxylation sites is 1. The summed E-state index contributed by atoms with van der Waals surface area (Å²) in [6, 6.07) is 14.0. The van der Waals surface area contributed by atoms with E-state index in [0.29, 0.717) is 19.4 Å². The fourth-order valence-corrected chi connectivity index (χ4v) is 3.78. The summed E-state index contributed by atoms with van der Waals surface area (Å²) in [7, 11) is 0. The summed E-state index contributed by atoms with van der Waals surface area (Å²) < 4.78 is 0. The van der Waals surface area contributed by atoms with Crippen molar-refractivity contribution in [2.24, 2.45) is 5.41 Å². The molecule has 2 amide bonds. The predicted octanol–water partition coefficient (Wildman–Crippen LogP) is 4.00. The second kappa shape index (κ2) is 6.27. The molecule has 1 aliphatic heterocycles. The Bertz CT molecular complexity index is 883. The molecule has 2 aromatic carbocycles. The lowest BCUT2D eigenvalue weighted by Gasteiger charge is -2.32. The molecule has 0 spiro atoms. The van der Waals surface area contributed by atoms with Crippen LogP contribution in [0.25, 0.3) is 0 Å². The van der Waals surface area contributed by atoms with Crippen LogP contribution in [0.5, 0.6) is 0 Å². The van der Waals surface area contributed by atoms with Gasteiger partial charge in [0.1, 0.15) is 5.41 Å². The molecule has 0 unspecified atom stereocenters. The number of carbonyl (C=O) groups is 2. The molecule has 1 aliphatic carbocycles. The maximum atomic E-state index is 13.3. The minimum Gasteiger partial charge on any atom is -0.325 e. The Balaban J connectivity index is 1.58. The Morgan fingerprint density at radius 1 is 1.08 bits per heavy atom. The first kappa shape index (κ1) is 16.8. The van der Waals surface area contributed by atoms with Crippen molar-refractivity contribution < 1.29 is 9.59 Å². The number of nitrogens with zero attached hydrogens (tertiary/aromatic N) is 1. The molecule has 0 saturated heterocycles. The number of amides is 2. The standard InChI is InChI=1S/C22H24N2O2/c1-15-9-10-16(2)18(14-15)23-20(25)22(11-12-22)21(26)24-13-5-7-17-6-3-4-8-19(17)24/h3-4,6,8-10,14H,5,7,11-13H2,1-2H3,(H,23,25). The van der Waals surface area contributed by atoms with Crippen molar-refractivity contribution in [2.75, 3.05) is 16.8 Å². The molecular formula is C22H24N2O2. The highest BCUT2D eigenvalue weighted by Crippen LogP contribution is 2.49. The van der Waals surface area contributed by atoms with Gasteiger partial charge in [-0.05, 0) is 68.4 Å². The van der Waals surface area contributed by atoms with E-state index >= 15 is 0 Å². The van der Waals surface area contributed by atoms with Gasteiger partial charge in [-0.25, -0.2) is 0 Å². The van der Waals surface area contributed by atoms with E-state index in [4.69, 9.17) is 0 Å². The summed E-state index contributed by atoms with van der Waals surface area (Å²) in [5.74, 6) is -0.216. The molecule has 4 rings (SSSR count). The number of carbonyl (C=O) groups excluding carboxylic acids is 2. The Morgan fingerprint density at radius 2 is 1.85 bits per heavy atom. The topological polar surface area (TPSA) is 49.4 Å². The Kier molecular flexibility index (Phi) is 4.06. The van der Waals surface area contributed by atoms with Gasteiger partial charge in [-0.15, -0.1) is 0 Å². The van der Waals surface area contributed by atoms with Gasteiger partial charge >= 0.3 is 0 Å². The minimum atomic E-state index is -0.902. The van der Waals surface area contributed by atoms with Gasteiger partial charge in [0.15, 0.2) is 0 Å². The Labute approximate surface area is 154 Å². The smallest absolute Gasteiger partial charge is 0.242 e. The zero-order valence-electron chi connectivity index (χ0n) is 15.3. The van der Waals surface area contributed by atoms with Gasteiger partial charge in [0.05, 0.1) is 0 Å². The van der Waals surface area contributed by atoms with Crippen LogP contribution in [-0.2, 0) is 16.0 Å². The predicted molar refractivity (Wildman–Crippen MR) is 103 cm³/mol. The average molecular weight is 348 g/mol. The third-order valence-corrected chi connectivity index (χ3v) is 5.59. The van der Waals surface area contributed by atoms with E-state index in [1.807, 2.05) is 55.1 Å². The lowest BCUT2D eigenvalue weighted by Crippen LogP contribution is -2.45.